The molecular weight excluding hydrogens is 368 g/mol. The van der Waals surface area contributed by atoms with Crippen LogP contribution in [-0.2, 0) is 0 Å². The standard InChI is InChI=1S/C23H19ClN4/c1-14-10-17(6-8-20(14)24)21-11-15(2)27-23(28-21)18-5-3-4-16(12-18)19-7-9-22(25)26-13-19/h3-13H,1-2H3,(H2,25,26). The van der Waals surface area contributed by atoms with Gasteiger partial charge in [-0.3, -0.25) is 0 Å². The third-order valence-electron chi connectivity index (χ3n) is 4.55. The van der Waals surface area contributed by atoms with Gasteiger partial charge in [0.15, 0.2) is 5.82 Å². The van der Waals surface area contributed by atoms with E-state index in [1.807, 2.05) is 62.4 Å². The smallest absolute Gasteiger partial charge is 0.160 e. The molecule has 2 aromatic carbocycles. The number of nitrogens with two attached hydrogens (primary N) is 1. The highest BCUT2D eigenvalue weighted by atomic mass is 35.5. The Bertz CT molecular complexity index is 1150. The number of anilines is 1. The van der Waals surface area contributed by atoms with Crippen molar-refractivity contribution in [2.75, 3.05) is 5.73 Å². The van der Waals surface area contributed by atoms with E-state index in [1.54, 1.807) is 12.3 Å². The predicted molar refractivity (Wildman–Crippen MR) is 115 cm³/mol. The second kappa shape index (κ2) is 7.41. The summed E-state index contributed by atoms with van der Waals surface area (Å²) in [5.41, 5.74) is 12.5. The third kappa shape index (κ3) is 3.73. The molecule has 0 aliphatic rings. The Morgan fingerprint density at radius 1 is 0.786 bits per heavy atom. The molecule has 0 aliphatic carbocycles. The molecular formula is C23H19ClN4. The van der Waals surface area contributed by atoms with Gasteiger partial charge in [-0.15, -0.1) is 0 Å². The summed E-state index contributed by atoms with van der Waals surface area (Å²) in [7, 11) is 0. The molecule has 0 atom stereocenters. The van der Waals surface area contributed by atoms with Crippen molar-refractivity contribution < 1.29 is 0 Å². The molecule has 0 bridgehead atoms. The number of hydrogen-bond acceptors (Lipinski definition) is 4. The number of rotatable bonds is 3. The van der Waals surface area contributed by atoms with E-state index in [1.165, 1.54) is 0 Å². The Labute approximate surface area is 169 Å². The lowest BCUT2D eigenvalue weighted by Gasteiger charge is -2.09. The Hall–Kier alpha value is -3.24. The Balaban J connectivity index is 1.77. The van der Waals surface area contributed by atoms with Crippen LogP contribution in [0.3, 0.4) is 0 Å². The van der Waals surface area contributed by atoms with Gasteiger partial charge in [0, 0.05) is 33.6 Å². The number of benzene rings is 2. The van der Waals surface area contributed by atoms with E-state index in [0.717, 1.165) is 44.2 Å². The number of nitrogens with zero attached hydrogens (tertiary/aromatic N) is 3. The monoisotopic (exact) mass is 386 g/mol. The van der Waals surface area contributed by atoms with E-state index in [0.29, 0.717) is 11.6 Å². The molecule has 4 nitrogen and oxygen atoms in total. The number of pyridine rings is 1. The summed E-state index contributed by atoms with van der Waals surface area (Å²) in [5.74, 6) is 1.19. The summed E-state index contributed by atoms with van der Waals surface area (Å²) in [4.78, 5) is 13.6. The molecule has 0 saturated heterocycles. The lowest BCUT2D eigenvalue weighted by molar-refractivity contribution is 1.11. The first-order valence-electron chi connectivity index (χ1n) is 8.94. The number of nitrogen functional groups attached to an aromatic ring is 1. The largest absolute Gasteiger partial charge is 0.384 e. The van der Waals surface area contributed by atoms with Crippen molar-refractivity contribution in [1.82, 2.24) is 15.0 Å². The van der Waals surface area contributed by atoms with Crippen LogP contribution in [0.1, 0.15) is 11.3 Å². The molecule has 0 fully saturated rings. The quantitative estimate of drug-likeness (QED) is 0.488. The summed E-state index contributed by atoms with van der Waals surface area (Å²) in [6.07, 6.45) is 1.77. The summed E-state index contributed by atoms with van der Waals surface area (Å²) in [6, 6.07) is 19.8. The van der Waals surface area contributed by atoms with Crippen molar-refractivity contribution in [3.8, 4) is 33.8 Å². The van der Waals surface area contributed by atoms with Gasteiger partial charge >= 0.3 is 0 Å². The highest BCUT2D eigenvalue weighted by Gasteiger charge is 2.09. The minimum Gasteiger partial charge on any atom is -0.384 e. The van der Waals surface area contributed by atoms with Crippen LogP contribution in [-0.4, -0.2) is 15.0 Å². The van der Waals surface area contributed by atoms with Gasteiger partial charge in [0.05, 0.1) is 5.69 Å². The Kier molecular flexibility index (Phi) is 4.80. The first kappa shape index (κ1) is 18.1. The maximum Gasteiger partial charge on any atom is 0.160 e. The van der Waals surface area contributed by atoms with Crippen LogP contribution in [0.5, 0.6) is 0 Å². The molecule has 138 valence electrons. The van der Waals surface area contributed by atoms with Gasteiger partial charge in [-0.25, -0.2) is 15.0 Å². The molecule has 0 spiro atoms. The van der Waals surface area contributed by atoms with Crippen LogP contribution in [0.25, 0.3) is 33.8 Å². The highest BCUT2D eigenvalue weighted by Crippen LogP contribution is 2.28. The molecule has 4 rings (SSSR count). The number of hydrogen-bond donors (Lipinski definition) is 1. The van der Waals surface area contributed by atoms with E-state index >= 15 is 0 Å². The van der Waals surface area contributed by atoms with Gasteiger partial charge < -0.3 is 5.73 Å². The molecule has 2 aromatic heterocycles. The number of aromatic nitrogens is 3. The lowest BCUT2D eigenvalue weighted by Crippen LogP contribution is -1.96. The highest BCUT2D eigenvalue weighted by molar-refractivity contribution is 6.31. The first-order valence-corrected chi connectivity index (χ1v) is 9.32. The van der Waals surface area contributed by atoms with Gasteiger partial charge in [0.2, 0.25) is 0 Å². The zero-order valence-electron chi connectivity index (χ0n) is 15.6. The molecule has 0 aliphatic heterocycles. The molecule has 0 unspecified atom stereocenters. The SMILES string of the molecule is Cc1cc(-c2ccc(Cl)c(C)c2)nc(-c2cccc(-c3ccc(N)nc3)c2)n1. The number of aryl methyl sites for hydroxylation is 2. The van der Waals surface area contributed by atoms with E-state index < -0.39 is 0 Å². The molecule has 4 aromatic rings. The molecule has 0 saturated carbocycles. The molecule has 28 heavy (non-hydrogen) atoms. The van der Waals surface area contributed by atoms with Crippen LogP contribution in [0, 0.1) is 13.8 Å². The second-order valence-electron chi connectivity index (χ2n) is 6.73. The van der Waals surface area contributed by atoms with Crippen molar-refractivity contribution in [2.45, 2.75) is 13.8 Å². The predicted octanol–water partition coefficient (Wildman–Crippen LogP) is 5.73. The second-order valence-corrected chi connectivity index (χ2v) is 7.14. The average Bonchev–Trinajstić information content (AvgIpc) is 2.70. The molecule has 5 heteroatoms. The maximum atomic E-state index is 6.17. The van der Waals surface area contributed by atoms with Crippen LogP contribution >= 0.6 is 11.6 Å². The van der Waals surface area contributed by atoms with Gasteiger partial charge in [0.1, 0.15) is 5.82 Å². The van der Waals surface area contributed by atoms with Crippen LogP contribution in [0.2, 0.25) is 5.02 Å². The van der Waals surface area contributed by atoms with E-state index in [2.05, 4.69) is 16.0 Å². The Morgan fingerprint density at radius 3 is 2.32 bits per heavy atom. The van der Waals surface area contributed by atoms with Crippen molar-refractivity contribution in [3.63, 3.8) is 0 Å². The topological polar surface area (TPSA) is 64.7 Å². The Morgan fingerprint density at radius 2 is 1.57 bits per heavy atom. The van der Waals surface area contributed by atoms with E-state index in [-0.39, 0.29) is 0 Å². The molecule has 0 radical (unpaired) electrons. The summed E-state index contributed by atoms with van der Waals surface area (Å²) in [6.45, 7) is 3.97. The average molecular weight is 387 g/mol. The fourth-order valence-electron chi connectivity index (χ4n) is 3.06. The molecule has 2 heterocycles. The normalized spacial score (nSPS) is 10.8. The van der Waals surface area contributed by atoms with Crippen molar-refractivity contribution in [2.24, 2.45) is 0 Å². The first-order chi connectivity index (χ1) is 13.5. The van der Waals surface area contributed by atoms with Crippen molar-refractivity contribution >= 4 is 17.4 Å². The van der Waals surface area contributed by atoms with Gasteiger partial charge in [-0.1, -0.05) is 35.9 Å². The summed E-state index contributed by atoms with van der Waals surface area (Å²) in [5, 5.41) is 0.750. The van der Waals surface area contributed by atoms with Crippen LogP contribution < -0.4 is 5.73 Å². The van der Waals surface area contributed by atoms with Crippen molar-refractivity contribution in [1.29, 1.82) is 0 Å². The van der Waals surface area contributed by atoms with Crippen molar-refractivity contribution in [3.05, 3.63) is 83.1 Å². The minimum absolute atomic E-state index is 0.504. The summed E-state index contributed by atoms with van der Waals surface area (Å²) < 4.78 is 0. The van der Waals surface area contributed by atoms with Gasteiger partial charge in [-0.05, 0) is 61.4 Å². The minimum atomic E-state index is 0.504. The zero-order chi connectivity index (χ0) is 19.7. The molecule has 2 N–H and O–H groups in total. The van der Waals surface area contributed by atoms with Crippen LogP contribution in [0.15, 0.2) is 66.9 Å². The third-order valence-corrected chi connectivity index (χ3v) is 4.97. The zero-order valence-corrected chi connectivity index (χ0v) is 16.4. The van der Waals surface area contributed by atoms with Crippen LogP contribution in [0.4, 0.5) is 5.82 Å². The summed E-state index contributed by atoms with van der Waals surface area (Å²) >= 11 is 6.17. The lowest BCUT2D eigenvalue weighted by atomic mass is 10.0. The van der Waals surface area contributed by atoms with E-state index in [4.69, 9.17) is 22.3 Å². The fourth-order valence-corrected chi connectivity index (χ4v) is 3.18. The van der Waals surface area contributed by atoms with Gasteiger partial charge in [-0.2, -0.15) is 0 Å². The molecule has 0 amide bonds. The van der Waals surface area contributed by atoms with Gasteiger partial charge in [0.25, 0.3) is 0 Å². The maximum absolute atomic E-state index is 6.17. The number of halogens is 1. The fraction of sp³-hybridized carbons (Fsp3) is 0.0870. The van der Waals surface area contributed by atoms with E-state index in [9.17, 15) is 0 Å².